The second-order valence-electron chi connectivity index (χ2n) is 3.91. The van der Waals surface area contributed by atoms with Gasteiger partial charge < -0.3 is 5.11 Å². The van der Waals surface area contributed by atoms with Crippen LogP contribution in [-0.2, 0) is 15.6 Å². The van der Waals surface area contributed by atoms with Crippen molar-refractivity contribution in [3.05, 3.63) is 0 Å². The van der Waals surface area contributed by atoms with Crippen molar-refractivity contribution >= 4 is 16.8 Å². The lowest BCUT2D eigenvalue weighted by Gasteiger charge is -2.12. The molecular weight excluding hydrogens is 233 g/mol. The molecule has 7 heteroatoms. The van der Waals surface area contributed by atoms with Crippen LogP contribution in [0.2, 0.25) is 0 Å². The zero-order valence-electron chi connectivity index (χ0n) is 7.84. The van der Waals surface area contributed by atoms with Crippen molar-refractivity contribution in [2.75, 3.05) is 11.5 Å². The molecule has 1 saturated carbocycles. The van der Waals surface area contributed by atoms with Gasteiger partial charge in [-0.2, -0.15) is 13.2 Å². The van der Waals surface area contributed by atoms with Crippen LogP contribution in [0.5, 0.6) is 0 Å². The first kappa shape index (κ1) is 12.5. The third-order valence-electron chi connectivity index (χ3n) is 2.28. The molecule has 0 aromatic heterocycles. The molecule has 1 rings (SSSR count). The van der Waals surface area contributed by atoms with Crippen LogP contribution < -0.4 is 0 Å². The Morgan fingerprint density at radius 2 is 1.93 bits per heavy atom. The van der Waals surface area contributed by atoms with Crippen LogP contribution in [0.15, 0.2) is 0 Å². The molecule has 0 heterocycles. The maximum Gasteiger partial charge on any atom is 0.400 e. The molecule has 0 radical (unpaired) electrons. The van der Waals surface area contributed by atoms with Gasteiger partial charge in [-0.1, -0.05) is 0 Å². The van der Waals surface area contributed by atoms with E-state index in [2.05, 4.69) is 0 Å². The highest BCUT2D eigenvalue weighted by molar-refractivity contribution is 7.85. The highest BCUT2D eigenvalue weighted by atomic mass is 32.2. The van der Waals surface area contributed by atoms with Crippen molar-refractivity contribution in [2.45, 2.75) is 25.4 Å². The van der Waals surface area contributed by atoms with Crippen molar-refractivity contribution in [1.29, 1.82) is 0 Å². The van der Waals surface area contributed by atoms with E-state index < -0.39 is 34.1 Å². The summed E-state index contributed by atoms with van der Waals surface area (Å²) in [6.45, 7) is 0. The smallest absolute Gasteiger partial charge is 0.400 e. The number of hydrogen-bond donors (Lipinski definition) is 1. The summed E-state index contributed by atoms with van der Waals surface area (Å²) in [7, 11) is -2.00. The predicted octanol–water partition coefficient (Wildman–Crippen LogP) is 1.55. The second-order valence-corrected chi connectivity index (χ2v) is 5.37. The van der Waals surface area contributed by atoms with Gasteiger partial charge in [0, 0.05) is 16.6 Å². The van der Waals surface area contributed by atoms with E-state index in [9.17, 15) is 22.2 Å². The Bertz CT molecular complexity index is 283. The summed E-state index contributed by atoms with van der Waals surface area (Å²) in [5.74, 6) is -2.54. The average molecular weight is 244 g/mol. The van der Waals surface area contributed by atoms with Crippen LogP contribution in [0.4, 0.5) is 13.2 Å². The molecule has 1 unspecified atom stereocenters. The number of aliphatic carboxylic acids is 1. The second kappa shape index (κ2) is 4.11. The Hall–Kier alpha value is -0.590. The molecule has 0 saturated heterocycles. The third kappa shape index (κ3) is 4.63. The molecule has 0 aromatic carbocycles. The maximum absolute atomic E-state index is 11.9. The van der Waals surface area contributed by atoms with E-state index in [4.69, 9.17) is 5.11 Å². The van der Waals surface area contributed by atoms with Gasteiger partial charge in [-0.05, 0) is 18.3 Å². The number of carbonyl (C=O) groups is 1. The van der Waals surface area contributed by atoms with E-state index in [1.54, 1.807) is 0 Å². The summed E-state index contributed by atoms with van der Waals surface area (Å²) in [5.41, 5.74) is -0.637. The molecule has 0 spiro atoms. The Kier molecular flexibility index (Phi) is 3.42. The van der Waals surface area contributed by atoms with Crippen molar-refractivity contribution in [1.82, 2.24) is 0 Å². The quantitative estimate of drug-likeness (QED) is 0.798. The van der Waals surface area contributed by atoms with Gasteiger partial charge in [-0.3, -0.25) is 9.00 Å². The number of halogens is 3. The van der Waals surface area contributed by atoms with Crippen LogP contribution in [0, 0.1) is 5.41 Å². The van der Waals surface area contributed by atoms with Gasteiger partial charge in [-0.15, -0.1) is 0 Å². The molecule has 1 atom stereocenters. The average Bonchev–Trinajstić information content (AvgIpc) is 2.61. The molecule has 15 heavy (non-hydrogen) atoms. The summed E-state index contributed by atoms with van der Waals surface area (Å²) < 4.78 is 46.7. The Balaban J connectivity index is 2.41. The first-order valence-corrected chi connectivity index (χ1v) is 5.85. The molecule has 88 valence electrons. The van der Waals surface area contributed by atoms with E-state index in [1.165, 1.54) is 0 Å². The van der Waals surface area contributed by atoms with E-state index >= 15 is 0 Å². The monoisotopic (exact) mass is 244 g/mol. The summed E-state index contributed by atoms with van der Waals surface area (Å²) in [6, 6.07) is 0. The summed E-state index contributed by atoms with van der Waals surface area (Å²) in [4.78, 5) is 10.4. The zero-order chi connectivity index (χ0) is 11.7. The van der Waals surface area contributed by atoms with Crippen LogP contribution in [0.3, 0.4) is 0 Å². The lowest BCUT2D eigenvalue weighted by atomic mass is 10.1. The fraction of sp³-hybridized carbons (Fsp3) is 0.875. The SMILES string of the molecule is O=C(O)CC1(CS(=O)CC(F)(F)F)CC1. The van der Waals surface area contributed by atoms with Gasteiger partial charge in [0.15, 0.2) is 0 Å². The molecule has 1 N–H and O–H groups in total. The summed E-state index contributed by atoms with van der Waals surface area (Å²) in [6.07, 6.45) is -3.51. The number of hydrogen-bond acceptors (Lipinski definition) is 2. The number of rotatable bonds is 5. The maximum atomic E-state index is 11.9. The standard InChI is InChI=1S/C8H11F3O3S/c9-8(10,11)5-15(14)4-7(1-2-7)3-6(12)13/h1-5H2,(H,12,13). The third-order valence-corrected chi connectivity index (χ3v) is 3.86. The molecule has 1 aliphatic carbocycles. The zero-order valence-corrected chi connectivity index (χ0v) is 8.66. The largest absolute Gasteiger partial charge is 0.481 e. The Morgan fingerprint density at radius 1 is 1.40 bits per heavy atom. The topological polar surface area (TPSA) is 54.4 Å². The molecular formula is C8H11F3O3S. The number of alkyl halides is 3. The first-order chi connectivity index (χ1) is 6.72. The summed E-state index contributed by atoms with van der Waals surface area (Å²) >= 11 is 0. The van der Waals surface area contributed by atoms with Crippen LogP contribution in [0.1, 0.15) is 19.3 Å². The number of carboxylic acids is 1. The predicted molar refractivity (Wildman–Crippen MR) is 47.9 cm³/mol. The van der Waals surface area contributed by atoms with Crippen molar-refractivity contribution < 1.29 is 27.3 Å². The molecule has 0 bridgehead atoms. The van der Waals surface area contributed by atoms with Crippen molar-refractivity contribution in [3.63, 3.8) is 0 Å². The normalized spacial score (nSPS) is 21.0. The fourth-order valence-corrected chi connectivity index (χ4v) is 2.99. The van der Waals surface area contributed by atoms with Gasteiger partial charge in [0.2, 0.25) is 0 Å². The van der Waals surface area contributed by atoms with Crippen LogP contribution >= 0.6 is 0 Å². The summed E-state index contributed by atoms with van der Waals surface area (Å²) in [5, 5.41) is 8.51. The first-order valence-electron chi connectivity index (χ1n) is 4.36. The van der Waals surface area contributed by atoms with Gasteiger partial charge in [0.1, 0.15) is 5.75 Å². The van der Waals surface area contributed by atoms with Gasteiger partial charge in [0.25, 0.3) is 0 Å². The highest BCUT2D eigenvalue weighted by Gasteiger charge is 2.46. The van der Waals surface area contributed by atoms with E-state index in [1.807, 2.05) is 0 Å². The molecule has 3 nitrogen and oxygen atoms in total. The van der Waals surface area contributed by atoms with Crippen molar-refractivity contribution in [3.8, 4) is 0 Å². The highest BCUT2D eigenvalue weighted by Crippen LogP contribution is 2.49. The Morgan fingerprint density at radius 3 is 2.27 bits per heavy atom. The lowest BCUT2D eigenvalue weighted by molar-refractivity contribution is -0.138. The Labute approximate surface area is 87.1 Å². The minimum absolute atomic E-state index is 0.154. The minimum atomic E-state index is -4.44. The van der Waals surface area contributed by atoms with Crippen LogP contribution in [0.25, 0.3) is 0 Å². The lowest BCUT2D eigenvalue weighted by Crippen LogP contribution is -2.25. The minimum Gasteiger partial charge on any atom is -0.481 e. The van der Waals surface area contributed by atoms with Gasteiger partial charge in [-0.25, -0.2) is 0 Å². The van der Waals surface area contributed by atoms with Gasteiger partial charge in [0.05, 0.1) is 6.42 Å². The molecule has 1 fully saturated rings. The number of carboxylic acid groups (broad SMARTS) is 1. The van der Waals surface area contributed by atoms with Crippen molar-refractivity contribution in [2.24, 2.45) is 5.41 Å². The molecule has 1 aliphatic rings. The van der Waals surface area contributed by atoms with Crippen LogP contribution in [-0.4, -0.2) is 33.0 Å². The van der Waals surface area contributed by atoms with E-state index in [0.29, 0.717) is 12.8 Å². The van der Waals surface area contributed by atoms with Gasteiger partial charge >= 0.3 is 12.1 Å². The fourth-order valence-electron chi connectivity index (χ4n) is 1.44. The van der Waals surface area contributed by atoms with E-state index in [-0.39, 0.29) is 12.2 Å². The molecule has 0 amide bonds. The molecule has 0 aliphatic heterocycles. The van der Waals surface area contributed by atoms with E-state index in [0.717, 1.165) is 0 Å². The molecule has 0 aromatic rings.